The zero-order valence-electron chi connectivity index (χ0n) is 2.65. The van der Waals surface area contributed by atoms with Gasteiger partial charge in [0.2, 0.25) is 0 Å². The van der Waals surface area contributed by atoms with Gasteiger partial charge in [-0.15, -0.1) is 0 Å². The molecule has 0 atom stereocenters. The highest BCUT2D eigenvalue weighted by molar-refractivity contribution is 14.2. The molecule has 0 N–H and O–H groups in total. The quantitative estimate of drug-likeness (QED) is 0.261. The Morgan fingerprint density at radius 1 is 1.60 bits per heavy atom. The molecule has 1 saturated heterocycles. The second kappa shape index (κ2) is 0.932. The molecule has 1 rings (SSSR count). The van der Waals surface area contributed by atoms with Crippen LogP contribution >= 0.6 is 21.2 Å². The van der Waals surface area contributed by atoms with Crippen LogP contribution in [-0.2, 0) is 7.10 Å². The van der Waals surface area contributed by atoms with E-state index >= 15 is 0 Å². The molecule has 0 bridgehead atoms. The Labute approximate surface area is 44.1 Å². The van der Waals surface area contributed by atoms with Gasteiger partial charge in [0.1, 0.15) is 0 Å². The Kier molecular flexibility index (Phi) is 0.755. The minimum Gasteiger partial charge on any atom is -0.275 e. The highest BCUT2D eigenvalue weighted by Gasteiger charge is 2.24. The van der Waals surface area contributed by atoms with E-state index in [-0.39, 0.29) is 0 Å². The third-order valence-corrected chi connectivity index (χ3v) is 4.62. The van der Waals surface area contributed by atoms with E-state index in [1.807, 2.05) is 21.2 Å². The van der Waals surface area contributed by atoms with Crippen molar-refractivity contribution >= 4 is 28.3 Å². The fraction of sp³-hybridized carbons (Fsp3) is 1.00. The number of hydrogen-bond donors (Lipinski definition) is 1. The minimum absolute atomic E-state index is 0.994. The van der Waals surface area contributed by atoms with Crippen LogP contribution in [0.25, 0.3) is 0 Å². The average molecular weight is 204 g/mol. The van der Waals surface area contributed by atoms with Gasteiger partial charge >= 0.3 is 0 Å². The maximum atomic E-state index is 10.3. The molecular formula is C2H5IOS. The Bertz CT molecular complexity index is 81.6. The Balaban J connectivity index is 2.72. The van der Waals surface area contributed by atoms with Crippen LogP contribution in [0.5, 0.6) is 0 Å². The maximum Gasteiger partial charge on any atom is 0.0199 e. The molecule has 32 valence electrons. The number of thiol groups is 1. The van der Waals surface area contributed by atoms with E-state index < -0.39 is 7.10 Å². The molecule has 3 heteroatoms. The van der Waals surface area contributed by atoms with E-state index in [0.29, 0.717) is 0 Å². The topological polar surface area (TPSA) is 17.1 Å². The third-order valence-electron chi connectivity index (χ3n) is 0.575. The zero-order valence-corrected chi connectivity index (χ0v) is 5.70. The van der Waals surface area contributed by atoms with E-state index in [9.17, 15) is 4.21 Å². The predicted octanol–water partition coefficient (Wildman–Crippen LogP) is 0.367. The van der Waals surface area contributed by atoms with E-state index in [0.717, 1.165) is 11.5 Å². The Morgan fingerprint density at radius 2 is 1.80 bits per heavy atom. The van der Waals surface area contributed by atoms with Crippen LogP contribution in [0.1, 0.15) is 0 Å². The molecule has 1 aliphatic rings. The van der Waals surface area contributed by atoms with Gasteiger partial charge in [-0.05, 0) is 0 Å². The SMILES string of the molecule is O=[SH]1(I)CC1. The van der Waals surface area contributed by atoms with Gasteiger partial charge < -0.3 is 0 Å². The first-order valence-electron chi connectivity index (χ1n) is 1.48. The first-order chi connectivity index (χ1) is 2.21. The molecule has 0 amide bonds. The first-order valence-corrected chi connectivity index (χ1v) is 6.35. The highest BCUT2D eigenvalue weighted by atomic mass is 127. The summed E-state index contributed by atoms with van der Waals surface area (Å²) in [5, 5.41) is 0. The summed E-state index contributed by atoms with van der Waals surface area (Å²) in [5.74, 6) is 1.99. The lowest BCUT2D eigenvalue weighted by Crippen LogP contribution is -1.62. The summed E-state index contributed by atoms with van der Waals surface area (Å²) in [6.45, 7) is 0. The van der Waals surface area contributed by atoms with Gasteiger partial charge in [0.15, 0.2) is 0 Å². The van der Waals surface area contributed by atoms with Crippen LogP contribution in [0.4, 0.5) is 0 Å². The lowest BCUT2D eigenvalue weighted by molar-refractivity contribution is 0.693. The molecule has 0 aromatic carbocycles. The second-order valence-corrected chi connectivity index (χ2v) is 8.99. The monoisotopic (exact) mass is 204 g/mol. The van der Waals surface area contributed by atoms with Gasteiger partial charge in [-0.3, -0.25) is 4.21 Å². The van der Waals surface area contributed by atoms with Crippen molar-refractivity contribution in [1.82, 2.24) is 0 Å². The van der Waals surface area contributed by atoms with Crippen molar-refractivity contribution in [3.8, 4) is 0 Å². The van der Waals surface area contributed by atoms with Crippen molar-refractivity contribution in [1.29, 1.82) is 0 Å². The molecule has 0 saturated carbocycles. The Hall–Kier alpha value is 0.880. The fourth-order valence-corrected chi connectivity index (χ4v) is 2.65. The molecule has 0 radical (unpaired) electrons. The molecule has 0 unspecified atom stereocenters. The average Bonchev–Trinajstić information content (AvgIpc) is 1.76. The van der Waals surface area contributed by atoms with Crippen molar-refractivity contribution < 1.29 is 4.21 Å². The van der Waals surface area contributed by atoms with Crippen molar-refractivity contribution in [3.05, 3.63) is 0 Å². The van der Waals surface area contributed by atoms with Gasteiger partial charge in [0.25, 0.3) is 0 Å². The van der Waals surface area contributed by atoms with Crippen molar-refractivity contribution in [2.75, 3.05) is 11.5 Å². The van der Waals surface area contributed by atoms with Crippen molar-refractivity contribution in [2.45, 2.75) is 0 Å². The Morgan fingerprint density at radius 3 is 1.80 bits per heavy atom. The number of rotatable bonds is 0. The summed E-state index contributed by atoms with van der Waals surface area (Å²) in [6, 6.07) is 0. The van der Waals surface area contributed by atoms with Crippen molar-refractivity contribution in [2.24, 2.45) is 0 Å². The normalized spacial score (nSPS) is 36.2. The lowest BCUT2D eigenvalue weighted by atomic mass is 11.0. The highest BCUT2D eigenvalue weighted by Crippen LogP contribution is 2.27. The first kappa shape index (κ1) is 4.05. The predicted molar refractivity (Wildman–Crippen MR) is 33.3 cm³/mol. The van der Waals surface area contributed by atoms with E-state index in [1.54, 1.807) is 0 Å². The number of halogens is 1. The van der Waals surface area contributed by atoms with Crippen LogP contribution in [0, 0.1) is 0 Å². The maximum absolute atomic E-state index is 10.3. The summed E-state index contributed by atoms with van der Waals surface area (Å²) in [4.78, 5) is 0. The molecular weight excluding hydrogens is 199 g/mol. The van der Waals surface area contributed by atoms with Crippen LogP contribution < -0.4 is 0 Å². The molecule has 1 aliphatic heterocycles. The van der Waals surface area contributed by atoms with Crippen LogP contribution in [0.15, 0.2) is 0 Å². The molecule has 1 nitrogen and oxygen atoms in total. The zero-order chi connectivity index (χ0) is 3.91. The molecule has 0 aromatic rings. The third kappa shape index (κ3) is 1.17. The molecule has 0 aliphatic carbocycles. The summed E-state index contributed by atoms with van der Waals surface area (Å²) in [6.07, 6.45) is 0. The summed E-state index contributed by atoms with van der Waals surface area (Å²) in [5.41, 5.74) is 0. The fourth-order valence-electron chi connectivity index (χ4n) is 0.0786. The molecule has 0 spiro atoms. The lowest BCUT2D eigenvalue weighted by Gasteiger charge is -1.71. The molecule has 0 aromatic heterocycles. The van der Waals surface area contributed by atoms with E-state index in [2.05, 4.69) is 0 Å². The van der Waals surface area contributed by atoms with Crippen LogP contribution in [-0.4, -0.2) is 15.7 Å². The van der Waals surface area contributed by atoms with Crippen LogP contribution in [0.3, 0.4) is 0 Å². The van der Waals surface area contributed by atoms with Crippen LogP contribution in [0.2, 0.25) is 0 Å². The van der Waals surface area contributed by atoms with Gasteiger partial charge in [-0.25, -0.2) is 0 Å². The molecule has 5 heavy (non-hydrogen) atoms. The van der Waals surface area contributed by atoms with Crippen molar-refractivity contribution in [3.63, 3.8) is 0 Å². The van der Waals surface area contributed by atoms with Gasteiger partial charge in [0, 0.05) is 32.7 Å². The molecule has 1 heterocycles. The summed E-state index contributed by atoms with van der Waals surface area (Å²) in [7, 11) is -1.42. The standard InChI is InChI=1S/C2H5IOS/c3-5(4)1-2-5/h5H,1-2H2. The van der Waals surface area contributed by atoms with Gasteiger partial charge in [-0.1, -0.05) is 7.10 Å². The van der Waals surface area contributed by atoms with Gasteiger partial charge in [0.05, 0.1) is 0 Å². The minimum atomic E-state index is -1.42. The second-order valence-electron chi connectivity index (χ2n) is 1.24. The smallest absolute Gasteiger partial charge is 0.0199 e. The largest absolute Gasteiger partial charge is 0.275 e. The van der Waals surface area contributed by atoms with E-state index in [4.69, 9.17) is 0 Å². The van der Waals surface area contributed by atoms with Gasteiger partial charge in [-0.2, -0.15) is 0 Å². The summed E-state index contributed by atoms with van der Waals surface area (Å²) < 4.78 is 10.3. The van der Waals surface area contributed by atoms with E-state index in [1.165, 1.54) is 0 Å². The number of hydrogen-bond acceptors (Lipinski definition) is 1. The summed E-state index contributed by atoms with van der Waals surface area (Å²) >= 11 is 2.04. The molecule has 1 fully saturated rings.